The average molecular weight is 213 g/mol. The molecule has 1 aromatic rings. The number of fused-ring (bicyclic) bond motifs is 1. The van der Waals surface area contributed by atoms with Gasteiger partial charge in [-0.2, -0.15) is 0 Å². The van der Waals surface area contributed by atoms with Crippen molar-refractivity contribution >= 4 is 21.4 Å². The highest BCUT2D eigenvalue weighted by atomic mass is 32.2. The van der Waals surface area contributed by atoms with Gasteiger partial charge < -0.3 is 11.1 Å². The monoisotopic (exact) mass is 213 g/mol. The van der Waals surface area contributed by atoms with Crippen molar-refractivity contribution in [2.45, 2.75) is 4.90 Å². The third-order valence-corrected chi connectivity index (χ3v) is 3.53. The molecule has 1 heterocycles. The zero-order chi connectivity index (χ0) is 10.2. The molecule has 2 rings (SSSR count). The van der Waals surface area contributed by atoms with E-state index in [0.717, 1.165) is 0 Å². The van der Waals surface area contributed by atoms with Gasteiger partial charge in [0, 0.05) is 18.8 Å². The van der Waals surface area contributed by atoms with Crippen molar-refractivity contribution in [3.63, 3.8) is 0 Å². The molecule has 1 aromatic carbocycles. The van der Waals surface area contributed by atoms with Crippen LogP contribution in [0.15, 0.2) is 23.1 Å². The predicted octanol–water partition coefficient (Wildman–Crippen LogP) is -0.0274. The number of hydrogen-bond donors (Lipinski definition) is 3. The Hall–Kier alpha value is -1.27. The summed E-state index contributed by atoms with van der Waals surface area (Å²) in [6, 6.07) is 4.80. The number of hydrogen-bond acceptors (Lipinski definition) is 4. The number of nitrogen functional groups attached to an aromatic ring is 1. The molecule has 76 valence electrons. The van der Waals surface area contributed by atoms with Crippen molar-refractivity contribution in [3.8, 4) is 0 Å². The lowest BCUT2D eigenvalue weighted by Crippen LogP contribution is -2.25. The summed E-state index contributed by atoms with van der Waals surface area (Å²) in [4.78, 5) is 0.218. The second-order valence-corrected chi connectivity index (χ2v) is 4.82. The van der Waals surface area contributed by atoms with Gasteiger partial charge in [-0.15, -0.1) is 0 Å². The Morgan fingerprint density at radius 3 is 2.86 bits per heavy atom. The standard InChI is InChI=1S/C8H11N3O2S/c9-6-1-2-7-8(5-6)14(12,13)11-4-3-10-7/h1-2,5,10-11H,3-4,9H2. The summed E-state index contributed by atoms with van der Waals surface area (Å²) in [5, 5.41) is 3.01. The molecule has 0 atom stereocenters. The van der Waals surface area contributed by atoms with Crippen molar-refractivity contribution in [1.82, 2.24) is 4.72 Å². The van der Waals surface area contributed by atoms with Crippen LogP contribution < -0.4 is 15.8 Å². The maximum absolute atomic E-state index is 11.6. The van der Waals surface area contributed by atoms with Crippen molar-refractivity contribution in [2.75, 3.05) is 24.1 Å². The fourth-order valence-corrected chi connectivity index (χ4v) is 2.61. The quantitative estimate of drug-likeness (QED) is 0.528. The van der Waals surface area contributed by atoms with Crippen LogP contribution in [0.4, 0.5) is 11.4 Å². The summed E-state index contributed by atoms with van der Waals surface area (Å²) in [5.41, 5.74) is 6.58. The molecule has 1 aliphatic heterocycles. The van der Waals surface area contributed by atoms with E-state index in [1.165, 1.54) is 6.07 Å². The van der Waals surface area contributed by atoms with Crippen molar-refractivity contribution in [3.05, 3.63) is 18.2 Å². The second kappa shape index (κ2) is 3.14. The molecular formula is C8H11N3O2S. The van der Waals surface area contributed by atoms with Gasteiger partial charge in [-0.25, -0.2) is 13.1 Å². The third-order valence-electron chi connectivity index (χ3n) is 2.03. The lowest BCUT2D eigenvalue weighted by molar-refractivity contribution is 0.585. The predicted molar refractivity (Wildman–Crippen MR) is 54.5 cm³/mol. The summed E-state index contributed by atoms with van der Waals surface area (Å²) < 4.78 is 25.7. The Morgan fingerprint density at radius 2 is 2.07 bits per heavy atom. The van der Waals surface area contributed by atoms with E-state index in [-0.39, 0.29) is 4.90 Å². The SMILES string of the molecule is Nc1ccc2c(c1)S(=O)(=O)NCCN2. The smallest absolute Gasteiger partial charge is 0.242 e. The van der Waals surface area contributed by atoms with Crippen LogP contribution in [0.25, 0.3) is 0 Å². The Kier molecular flexibility index (Phi) is 2.09. The maximum atomic E-state index is 11.6. The summed E-state index contributed by atoms with van der Waals surface area (Å²) >= 11 is 0. The highest BCUT2D eigenvalue weighted by Gasteiger charge is 2.20. The van der Waals surface area contributed by atoms with E-state index in [2.05, 4.69) is 10.0 Å². The van der Waals surface area contributed by atoms with E-state index in [4.69, 9.17) is 5.73 Å². The fraction of sp³-hybridized carbons (Fsp3) is 0.250. The van der Waals surface area contributed by atoms with Gasteiger partial charge in [0.2, 0.25) is 10.0 Å². The fourth-order valence-electron chi connectivity index (χ4n) is 1.37. The highest BCUT2D eigenvalue weighted by Crippen LogP contribution is 2.24. The minimum Gasteiger partial charge on any atom is -0.399 e. The van der Waals surface area contributed by atoms with Crippen LogP contribution in [0, 0.1) is 0 Å². The van der Waals surface area contributed by atoms with E-state index in [1.807, 2.05) is 0 Å². The van der Waals surface area contributed by atoms with E-state index in [9.17, 15) is 8.42 Å². The summed E-state index contributed by atoms with van der Waals surface area (Å²) in [6.07, 6.45) is 0. The van der Waals surface area contributed by atoms with Gasteiger partial charge >= 0.3 is 0 Å². The van der Waals surface area contributed by atoms with Crippen LogP contribution in [0.3, 0.4) is 0 Å². The normalized spacial score (nSPS) is 19.1. The first-order chi connectivity index (χ1) is 6.59. The molecule has 0 radical (unpaired) electrons. The molecule has 0 saturated heterocycles. The molecule has 0 saturated carbocycles. The van der Waals surface area contributed by atoms with Crippen molar-refractivity contribution in [1.29, 1.82) is 0 Å². The Bertz CT molecular complexity index is 456. The molecular weight excluding hydrogens is 202 g/mol. The first-order valence-corrected chi connectivity index (χ1v) is 5.71. The van der Waals surface area contributed by atoms with Crippen LogP contribution in [-0.2, 0) is 10.0 Å². The molecule has 14 heavy (non-hydrogen) atoms. The van der Waals surface area contributed by atoms with E-state index in [0.29, 0.717) is 24.5 Å². The number of anilines is 2. The second-order valence-electron chi connectivity index (χ2n) is 3.08. The number of sulfonamides is 1. The van der Waals surface area contributed by atoms with Gasteiger partial charge in [-0.05, 0) is 18.2 Å². The van der Waals surface area contributed by atoms with Crippen LogP contribution in [0.2, 0.25) is 0 Å². The number of nitrogens with one attached hydrogen (secondary N) is 2. The average Bonchev–Trinajstić information content (AvgIpc) is 2.26. The van der Waals surface area contributed by atoms with Gasteiger partial charge in [0.15, 0.2) is 0 Å². The minimum absolute atomic E-state index is 0.218. The van der Waals surface area contributed by atoms with E-state index in [1.54, 1.807) is 12.1 Å². The van der Waals surface area contributed by atoms with Crippen LogP contribution in [0.1, 0.15) is 0 Å². The first kappa shape index (κ1) is 9.29. The summed E-state index contributed by atoms with van der Waals surface area (Å²) in [5.74, 6) is 0. The van der Waals surface area contributed by atoms with Gasteiger partial charge in [0.1, 0.15) is 4.90 Å². The first-order valence-electron chi connectivity index (χ1n) is 4.23. The van der Waals surface area contributed by atoms with Crippen molar-refractivity contribution < 1.29 is 8.42 Å². The summed E-state index contributed by atoms with van der Waals surface area (Å²) in [6.45, 7) is 0.965. The van der Waals surface area contributed by atoms with E-state index >= 15 is 0 Å². The molecule has 1 aliphatic rings. The summed E-state index contributed by atoms with van der Waals surface area (Å²) in [7, 11) is -3.39. The maximum Gasteiger partial charge on any atom is 0.242 e. The Labute approximate surface area is 82.4 Å². The van der Waals surface area contributed by atoms with Gasteiger partial charge in [-0.3, -0.25) is 0 Å². The third kappa shape index (κ3) is 1.53. The molecule has 0 spiro atoms. The topological polar surface area (TPSA) is 84.2 Å². The molecule has 6 heteroatoms. The Morgan fingerprint density at radius 1 is 1.29 bits per heavy atom. The highest BCUT2D eigenvalue weighted by molar-refractivity contribution is 7.89. The lowest BCUT2D eigenvalue weighted by atomic mass is 10.3. The molecule has 0 amide bonds. The molecule has 0 fully saturated rings. The van der Waals surface area contributed by atoms with Crippen LogP contribution >= 0.6 is 0 Å². The molecule has 0 bridgehead atoms. The minimum atomic E-state index is -3.39. The molecule has 4 N–H and O–H groups in total. The number of nitrogens with two attached hydrogens (primary N) is 1. The number of benzene rings is 1. The molecule has 5 nitrogen and oxygen atoms in total. The molecule has 0 aromatic heterocycles. The van der Waals surface area contributed by atoms with Crippen molar-refractivity contribution in [2.24, 2.45) is 0 Å². The molecule has 0 unspecified atom stereocenters. The van der Waals surface area contributed by atoms with Gasteiger partial charge in [0.25, 0.3) is 0 Å². The van der Waals surface area contributed by atoms with Gasteiger partial charge in [-0.1, -0.05) is 0 Å². The zero-order valence-corrected chi connectivity index (χ0v) is 8.26. The zero-order valence-electron chi connectivity index (χ0n) is 7.45. The van der Waals surface area contributed by atoms with E-state index < -0.39 is 10.0 Å². The Balaban J connectivity index is 2.64. The lowest BCUT2D eigenvalue weighted by Gasteiger charge is -2.06. The molecule has 0 aliphatic carbocycles. The van der Waals surface area contributed by atoms with Crippen LogP contribution in [0.5, 0.6) is 0 Å². The van der Waals surface area contributed by atoms with Crippen LogP contribution in [-0.4, -0.2) is 21.5 Å². The number of rotatable bonds is 0. The largest absolute Gasteiger partial charge is 0.399 e. The van der Waals surface area contributed by atoms with Gasteiger partial charge in [0.05, 0.1) is 5.69 Å².